The zero-order valence-corrected chi connectivity index (χ0v) is 17.8. The van der Waals surface area contributed by atoms with E-state index in [0.29, 0.717) is 26.3 Å². The molecule has 0 aliphatic heterocycles. The molecule has 0 spiro atoms. The van der Waals surface area contributed by atoms with Crippen molar-refractivity contribution in [2.75, 3.05) is 11.1 Å². The molecule has 0 unspecified atom stereocenters. The Bertz CT molecular complexity index is 1180. The molecule has 2 heterocycles. The second kappa shape index (κ2) is 8.73. The van der Waals surface area contributed by atoms with Crippen molar-refractivity contribution in [1.82, 2.24) is 9.97 Å². The van der Waals surface area contributed by atoms with Crippen molar-refractivity contribution in [1.29, 1.82) is 0 Å². The van der Waals surface area contributed by atoms with Gasteiger partial charge in [-0.1, -0.05) is 47.5 Å². The van der Waals surface area contributed by atoms with Crippen LogP contribution in [0.3, 0.4) is 0 Å². The number of halogens is 3. The molecule has 4 aromatic rings. The first-order chi connectivity index (χ1) is 13.3. The van der Waals surface area contributed by atoms with Crippen molar-refractivity contribution < 1.29 is 4.79 Å². The fraction of sp³-hybridized carbons (Fsp3) is 0.0500. The lowest BCUT2D eigenvalue weighted by Crippen LogP contribution is -2.07. The topological polar surface area (TPSA) is 80.9 Å². The van der Waals surface area contributed by atoms with Gasteiger partial charge in [-0.15, -0.1) is 0 Å². The Balaban J connectivity index is 0.000000167. The zero-order chi connectivity index (χ0) is 20.3. The Kier molecular flexibility index (Phi) is 6.34. The number of pyridine rings is 2. The second-order valence-corrected chi connectivity index (χ2v) is 7.45. The van der Waals surface area contributed by atoms with Gasteiger partial charge in [0, 0.05) is 28.9 Å². The minimum atomic E-state index is -0.152. The Labute approximate surface area is 180 Å². The van der Waals surface area contributed by atoms with Crippen molar-refractivity contribution in [2.24, 2.45) is 0 Å². The number of nitrogens with one attached hydrogen (secondary N) is 1. The van der Waals surface area contributed by atoms with Crippen LogP contribution in [0.2, 0.25) is 10.0 Å². The van der Waals surface area contributed by atoms with Crippen molar-refractivity contribution in [3.05, 3.63) is 69.4 Å². The Morgan fingerprint density at radius 3 is 2.46 bits per heavy atom. The summed E-state index contributed by atoms with van der Waals surface area (Å²) in [6.45, 7) is 1.44. The average Bonchev–Trinajstić information content (AvgIpc) is 2.61. The molecule has 0 aliphatic rings. The number of aromatic nitrogens is 2. The van der Waals surface area contributed by atoms with Crippen LogP contribution in [-0.4, -0.2) is 15.9 Å². The van der Waals surface area contributed by atoms with Gasteiger partial charge in [0.1, 0.15) is 16.2 Å². The molecule has 8 heteroatoms. The molecule has 0 bridgehead atoms. The van der Waals surface area contributed by atoms with Crippen LogP contribution in [0.5, 0.6) is 0 Å². The quantitative estimate of drug-likeness (QED) is 0.325. The van der Waals surface area contributed by atoms with Gasteiger partial charge in [0.25, 0.3) is 0 Å². The van der Waals surface area contributed by atoms with Crippen LogP contribution < -0.4 is 11.1 Å². The number of carbonyl (C=O) groups is 1. The lowest BCUT2D eigenvalue weighted by atomic mass is 10.2. The number of hydrogen-bond acceptors (Lipinski definition) is 4. The molecule has 28 heavy (non-hydrogen) atoms. The summed E-state index contributed by atoms with van der Waals surface area (Å²) in [4.78, 5) is 19.1. The van der Waals surface area contributed by atoms with Crippen molar-refractivity contribution in [3.8, 4) is 0 Å². The van der Waals surface area contributed by atoms with Crippen LogP contribution in [-0.2, 0) is 4.79 Å². The van der Waals surface area contributed by atoms with E-state index in [-0.39, 0.29) is 5.91 Å². The summed E-state index contributed by atoms with van der Waals surface area (Å²) in [5.41, 5.74) is 5.52. The van der Waals surface area contributed by atoms with Crippen molar-refractivity contribution >= 4 is 78.2 Å². The molecule has 4 rings (SSSR count). The van der Waals surface area contributed by atoms with Gasteiger partial charge in [-0.2, -0.15) is 0 Å². The van der Waals surface area contributed by atoms with Gasteiger partial charge in [0.15, 0.2) is 0 Å². The maximum atomic E-state index is 10.9. The molecule has 5 nitrogen and oxygen atoms in total. The average molecular weight is 478 g/mol. The third-order valence-electron chi connectivity index (χ3n) is 3.80. The van der Waals surface area contributed by atoms with E-state index in [1.54, 1.807) is 24.4 Å². The molecule has 2 aromatic heterocycles. The van der Waals surface area contributed by atoms with Crippen molar-refractivity contribution in [3.63, 3.8) is 0 Å². The van der Waals surface area contributed by atoms with Crippen molar-refractivity contribution in [2.45, 2.75) is 6.92 Å². The van der Waals surface area contributed by atoms with Gasteiger partial charge < -0.3 is 11.1 Å². The Morgan fingerprint density at radius 1 is 1.07 bits per heavy atom. The van der Waals surface area contributed by atoms with Gasteiger partial charge in [0.2, 0.25) is 5.91 Å². The summed E-state index contributed by atoms with van der Waals surface area (Å²) in [5.74, 6) is 0.875. The predicted octanol–water partition coefficient (Wildman–Crippen LogP) is 6.08. The molecule has 3 N–H and O–H groups in total. The molecular weight excluding hydrogens is 463 g/mol. The summed E-state index contributed by atoms with van der Waals surface area (Å²) < 4.78 is 0.624. The van der Waals surface area contributed by atoms with E-state index in [4.69, 9.17) is 28.9 Å². The maximum absolute atomic E-state index is 10.9. The summed E-state index contributed by atoms with van der Waals surface area (Å²) in [7, 11) is 0. The number of hydrogen-bond donors (Lipinski definition) is 2. The van der Waals surface area contributed by atoms with Crippen LogP contribution >= 0.6 is 39.1 Å². The standard InChI is InChI=1S/C11H8BrClN2O.C9H7ClN2/c1-6(16)14-9-5-7-3-2-4-8(13)10(7)11(12)15-9;10-8-3-1-2-6-4-9(11)12-5-7(6)8/h2-5H,1H3,(H,14,15,16);1-5H,(H2,11,12). The number of rotatable bonds is 1. The van der Waals surface area contributed by atoms with Crippen LogP contribution in [0, 0.1) is 0 Å². The second-order valence-electron chi connectivity index (χ2n) is 5.89. The van der Waals surface area contributed by atoms with Crippen LogP contribution in [0.1, 0.15) is 6.92 Å². The van der Waals surface area contributed by atoms with Crippen LogP contribution in [0.15, 0.2) is 59.3 Å². The van der Waals surface area contributed by atoms with E-state index in [9.17, 15) is 4.79 Å². The van der Waals surface area contributed by atoms with Crippen LogP contribution in [0.4, 0.5) is 11.6 Å². The molecular formula is C20H15BrCl2N4O. The lowest BCUT2D eigenvalue weighted by molar-refractivity contribution is -0.114. The number of nitrogens with zero attached hydrogens (tertiary/aromatic N) is 2. The Morgan fingerprint density at radius 2 is 1.75 bits per heavy atom. The number of nitrogen functional groups attached to an aromatic ring is 1. The number of anilines is 2. The molecule has 0 saturated heterocycles. The predicted molar refractivity (Wildman–Crippen MR) is 120 cm³/mol. The minimum absolute atomic E-state index is 0.152. The van der Waals surface area contributed by atoms with E-state index in [1.165, 1.54) is 6.92 Å². The molecule has 142 valence electrons. The SMILES string of the molecule is CC(=O)Nc1cc2cccc(Cl)c2c(Br)n1.Nc1cc2cccc(Cl)c2cn1. The Hall–Kier alpha value is -2.41. The highest BCUT2D eigenvalue weighted by Crippen LogP contribution is 2.31. The first-order valence-corrected chi connectivity index (χ1v) is 9.72. The molecule has 0 fully saturated rings. The van der Waals surface area contributed by atoms with E-state index < -0.39 is 0 Å². The largest absolute Gasteiger partial charge is 0.384 e. The molecule has 0 radical (unpaired) electrons. The normalized spacial score (nSPS) is 10.4. The molecule has 0 saturated carbocycles. The van der Waals surface area contributed by atoms with E-state index in [0.717, 1.165) is 21.5 Å². The minimum Gasteiger partial charge on any atom is -0.384 e. The number of fused-ring (bicyclic) bond motifs is 2. The number of benzene rings is 2. The number of carbonyl (C=O) groups excluding carboxylic acids is 1. The number of amides is 1. The summed E-state index contributed by atoms with van der Waals surface area (Å²) >= 11 is 15.3. The highest BCUT2D eigenvalue weighted by molar-refractivity contribution is 9.10. The van der Waals surface area contributed by atoms with E-state index in [2.05, 4.69) is 31.2 Å². The highest BCUT2D eigenvalue weighted by atomic mass is 79.9. The van der Waals surface area contributed by atoms with Gasteiger partial charge in [-0.3, -0.25) is 4.79 Å². The molecule has 0 atom stereocenters. The maximum Gasteiger partial charge on any atom is 0.222 e. The summed E-state index contributed by atoms with van der Waals surface area (Å²) in [6.07, 6.45) is 1.69. The first kappa shape index (κ1) is 20.3. The molecule has 0 aliphatic carbocycles. The summed E-state index contributed by atoms with van der Waals surface area (Å²) in [5, 5.41) is 7.71. The van der Waals surface area contributed by atoms with Gasteiger partial charge in [-0.05, 0) is 51.0 Å². The van der Waals surface area contributed by atoms with Crippen LogP contribution in [0.25, 0.3) is 21.5 Å². The third-order valence-corrected chi connectivity index (χ3v) is 5.02. The molecule has 1 amide bonds. The first-order valence-electron chi connectivity index (χ1n) is 8.17. The fourth-order valence-electron chi connectivity index (χ4n) is 2.62. The summed E-state index contributed by atoms with van der Waals surface area (Å²) in [6, 6.07) is 14.8. The molecule has 2 aromatic carbocycles. The van der Waals surface area contributed by atoms with E-state index in [1.807, 2.05) is 30.3 Å². The number of nitrogens with two attached hydrogens (primary N) is 1. The third kappa shape index (κ3) is 4.70. The lowest BCUT2D eigenvalue weighted by Gasteiger charge is -2.06. The van der Waals surface area contributed by atoms with E-state index >= 15 is 0 Å². The zero-order valence-electron chi connectivity index (χ0n) is 14.7. The van der Waals surface area contributed by atoms with Gasteiger partial charge in [-0.25, -0.2) is 9.97 Å². The van der Waals surface area contributed by atoms with Gasteiger partial charge >= 0.3 is 0 Å². The van der Waals surface area contributed by atoms with Gasteiger partial charge in [0.05, 0.1) is 5.02 Å². The fourth-order valence-corrected chi connectivity index (χ4v) is 3.87. The monoisotopic (exact) mass is 476 g/mol. The smallest absolute Gasteiger partial charge is 0.222 e. The highest BCUT2D eigenvalue weighted by Gasteiger charge is 2.07.